The molecule has 122 valence electrons. The summed E-state index contributed by atoms with van der Waals surface area (Å²) >= 11 is 0. The van der Waals surface area contributed by atoms with Gasteiger partial charge in [0.2, 0.25) is 0 Å². The maximum absolute atomic E-state index is 9.14. The Bertz CT molecular complexity index is 927. The third-order valence-corrected chi connectivity index (χ3v) is 3.44. The molecule has 2 rings (SSSR count). The number of hydrogen-bond donors (Lipinski definition) is 1. The van der Waals surface area contributed by atoms with Crippen LogP contribution in [0.3, 0.4) is 0 Å². The average Bonchev–Trinajstić information content (AvgIpc) is 2.67. The quantitative estimate of drug-likeness (QED) is 0.840. The summed E-state index contributed by atoms with van der Waals surface area (Å²) in [5.74, 6) is 1.32. The molecule has 0 unspecified atom stereocenters. The molecule has 6 heteroatoms. The van der Waals surface area contributed by atoms with E-state index in [1.54, 1.807) is 50.6 Å². The van der Waals surface area contributed by atoms with E-state index >= 15 is 0 Å². The van der Waals surface area contributed by atoms with Crippen LogP contribution in [0, 0.1) is 34.0 Å². The van der Waals surface area contributed by atoms with Crippen LogP contribution in [0.4, 0.5) is 5.69 Å². The zero-order chi connectivity index (χ0) is 18.2. The molecule has 1 N–H and O–H groups in total. The van der Waals surface area contributed by atoms with Gasteiger partial charge in [0.25, 0.3) is 0 Å². The van der Waals surface area contributed by atoms with Gasteiger partial charge in [0, 0.05) is 17.3 Å². The standard InChI is InChI=1S/C19H14N4O2/c1-24-16-6-7-17(19(9-16)25-2)13-4-3-5-15(8-13)23-18(12-22)14(10-20)11-21/h3-9,23H,1-2H3. The molecule has 0 aliphatic rings. The third kappa shape index (κ3) is 3.88. The highest BCUT2D eigenvalue weighted by atomic mass is 16.5. The van der Waals surface area contributed by atoms with Crippen molar-refractivity contribution in [3.8, 4) is 40.8 Å². The van der Waals surface area contributed by atoms with Crippen LogP contribution in [0.2, 0.25) is 0 Å². The molecule has 25 heavy (non-hydrogen) atoms. The van der Waals surface area contributed by atoms with E-state index in [0.717, 1.165) is 11.1 Å². The summed E-state index contributed by atoms with van der Waals surface area (Å²) in [6.07, 6.45) is 0. The van der Waals surface area contributed by atoms with Crippen LogP contribution in [0.1, 0.15) is 0 Å². The lowest BCUT2D eigenvalue weighted by Gasteiger charge is -2.12. The summed E-state index contributed by atoms with van der Waals surface area (Å²) in [6, 6.07) is 17.9. The molecule has 0 atom stereocenters. The number of ether oxygens (including phenoxy) is 2. The molecular formula is C19H14N4O2. The topological polar surface area (TPSA) is 102 Å². The number of benzene rings is 2. The summed E-state index contributed by atoms with van der Waals surface area (Å²) in [4.78, 5) is 0. The van der Waals surface area contributed by atoms with Crippen LogP contribution in [0.15, 0.2) is 53.7 Å². The van der Waals surface area contributed by atoms with E-state index in [2.05, 4.69) is 5.32 Å². The molecule has 6 nitrogen and oxygen atoms in total. The van der Waals surface area contributed by atoms with Crippen LogP contribution in [0.5, 0.6) is 11.5 Å². The Morgan fingerprint density at radius 2 is 1.68 bits per heavy atom. The van der Waals surface area contributed by atoms with E-state index in [9.17, 15) is 0 Å². The Morgan fingerprint density at radius 1 is 0.920 bits per heavy atom. The fourth-order valence-corrected chi connectivity index (χ4v) is 2.23. The molecule has 0 saturated heterocycles. The summed E-state index contributed by atoms with van der Waals surface area (Å²) < 4.78 is 10.6. The normalized spacial score (nSPS) is 9.08. The monoisotopic (exact) mass is 330 g/mol. The zero-order valence-corrected chi connectivity index (χ0v) is 13.7. The number of hydrogen-bond acceptors (Lipinski definition) is 6. The van der Waals surface area contributed by atoms with Crippen molar-refractivity contribution in [2.75, 3.05) is 19.5 Å². The zero-order valence-electron chi connectivity index (χ0n) is 13.7. The Labute approximate surface area is 145 Å². The van der Waals surface area contributed by atoms with Crippen LogP contribution >= 0.6 is 0 Å². The summed E-state index contributed by atoms with van der Waals surface area (Å²) in [7, 11) is 3.15. The van der Waals surface area contributed by atoms with Gasteiger partial charge in [-0.2, -0.15) is 15.8 Å². The van der Waals surface area contributed by atoms with E-state index in [0.29, 0.717) is 17.2 Å². The first kappa shape index (κ1) is 17.4. The van der Waals surface area contributed by atoms with Gasteiger partial charge in [-0.25, -0.2) is 0 Å². The second-order valence-electron chi connectivity index (χ2n) is 4.86. The Morgan fingerprint density at radius 3 is 2.28 bits per heavy atom. The first-order valence-electron chi connectivity index (χ1n) is 7.20. The Kier molecular flexibility index (Phi) is 5.61. The van der Waals surface area contributed by atoms with Crippen molar-refractivity contribution >= 4 is 5.69 Å². The number of nitrogens with zero attached hydrogens (tertiary/aromatic N) is 3. The maximum atomic E-state index is 9.14. The van der Waals surface area contributed by atoms with Gasteiger partial charge in [-0.05, 0) is 29.8 Å². The largest absolute Gasteiger partial charge is 0.497 e. The van der Waals surface area contributed by atoms with Gasteiger partial charge in [-0.15, -0.1) is 0 Å². The fraction of sp³-hybridized carbons (Fsp3) is 0.105. The molecule has 0 fully saturated rings. The second-order valence-corrected chi connectivity index (χ2v) is 4.86. The summed E-state index contributed by atoms with van der Waals surface area (Å²) in [5, 5.41) is 29.8. The molecule has 0 amide bonds. The van der Waals surface area contributed by atoms with Crippen LogP contribution < -0.4 is 14.8 Å². The Hall–Kier alpha value is -3.95. The molecule has 0 bridgehead atoms. The highest BCUT2D eigenvalue weighted by Crippen LogP contribution is 2.34. The molecule has 0 aliphatic carbocycles. The number of anilines is 1. The number of rotatable bonds is 5. The van der Waals surface area contributed by atoms with E-state index in [1.165, 1.54) is 0 Å². The molecule has 0 heterocycles. The molecule has 2 aromatic carbocycles. The van der Waals surface area contributed by atoms with Crippen LogP contribution in [0.25, 0.3) is 11.1 Å². The van der Waals surface area contributed by atoms with Crippen molar-refractivity contribution in [1.29, 1.82) is 15.8 Å². The van der Waals surface area contributed by atoms with Crippen molar-refractivity contribution in [3.05, 3.63) is 53.7 Å². The lowest BCUT2D eigenvalue weighted by atomic mass is 10.0. The van der Waals surface area contributed by atoms with Crippen LogP contribution in [-0.4, -0.2) is 14.2 Å². The van der Waals surface area contributed by atoms with Gasteiger partial charge in [0.1, 0.15) is 35.4 Å². The van der Waals surface area contributed by atoms with Crippen molar-refractivity contribution in [1.82, 2.24) is 0 Å². The van der Waals surface area contributed by atoms with Gasteiger partial charge in [0.05, 0.1) is 14.2 Å². The van der Waals surface area contributed by atoms with Crippen LogP contribution in [-0.2, 0) is 0 Å². The number of nitriles is 3. The number of methoxy groups -OCH3 is 2. The van der Waals surface area contributed by atoms with E-state index < -0.39 is 0 Å². The smallest absolute Gasteiger partial charge is 0.163 e. The summed E-state index contributed by atoms with van der Waals surface area (Å²) in [6.45, 7) is 0. The molecule has 0 aromatic heterocycles. The van der Waals surface area contributed by atoms with E-state index in [4.69, 9.17) is 25.3 Å². The first-order chi connectivity index (χ1) is 12.2. The van der Waals surface area contributed by atoms with Crippen molar-refractivity contribution in [2.24, 2.45) is 0 Å². The lowest BCUT2D eigenvalue weighted by molar-refractivity contribution is 0.395. The van der Waals surface area contributed by atoms with E-state index in [-0.39, 0.29) is 11.3 Å². The molecular weight excluding hydrogens is 316 g/mol. The lowest BCUT2D eigenvalue weighted by Crippen LogP contribution is -2.00. The van der Waals surface area contributed by atoms with Gasteiger partial charge >= 0.3 is 0 Å². The van der Waals surface area contributed by atoms with Crippen molar-refractivity contribution in [3.63, 3.8) is 0 Å². The van der Waals surface area contributed by atoms with Gasteiger partial charge in [0.15, 0.2) is 5.57 Å². The Balaban J connectivity index is 2.44. The third-order valence-electron chi connectivity index (χ3n) is 3.44. The summed E-state index contributed by atoms with van der Waals surface area (Å²) in [5.41, 5.74) is 1.90. The predicted molar refractivity (Wildman–Crippen MR) is 92.5 cm³/mol. The molecule has 2 aromatic rings. The first-order valence-corrected chi connectivity index (χ1v) is 7.20. The van der Waals surface area contributed by atoms with E-state index in [1.807, 2.05) is 24.3 Å². The number of nitrogens with one attached hydrogen (secondary N) is 1. The highest BCUT2D eigenvalue weighted by Gasteiger charge is 2.10. The van der Waals surface area contributed by atoms with Gasteiger partial charge < -0.3 is 14.8 Å². The molecule has 0 saturated carbocycles. The van der Waals surface area contributed by atoms with Crippen molar-refractivity contribution in [2.45, 2.75) is 0 Å². The minimum absolute atomic E-state index is 0.0937. The highest BCUT2D eigenvalue weighted by molar-refractivity contribution is 5.75. The minimum Gasteiger partial charge on any atom is -0.497 e. The molecule has 0 radical (unpaired) electrons. The second kappa shape index (κ2) is 8.06. The van der Waals surface area contributed by atoms with Gasteiger partial charge in [-0.3, -0.25) is 0 Å². The number of allylic oxidation sites excluding steroid dienone is 2. The fourth-order valence-electron chi connectivity index (χ4n) is 2.23. The molecule has 0 aliphatic heterocycles. The van der Waals surface area contributed by atoms with Crippen molar-refractivity contribution < 1.29 is 9.47 Å². The maximum Gasteiger partial charge on any atom is 0.163 e. The average molecular weight is 330 g/mol. The SMILES string of the molecule is COc1ccc(-c2cccc(NC(C#N)=C(C#N)C#N)c2)c(OC)c1. The molecule has 0 spiro atoms. The predicted octanol–water partition coefficient (Wildman–Crippen LogP) is 3.61. The minimum atomic E-state index is -0.269. The van der Waals surface area contributed by atoms with Gasteiger partial charge in [-0.1, -0.05) is 12.1 Å².